The molecule has 3 heterocycles. The number of piperidine rings is 1. The van der Waals surface area contributed by atoms with Crippen molar-refractivity contribution in [2.24, 2.45) is 5.92 Å². The van der Waals surface area contributed by atoms with Crippen molar-refractivity contribution in [3.05, 3.63) is 30.1 Å². The zero-order chi connectivity index (χ0) is 17.6. The highest BCUT2D eigenvalue weighted by molar-refractivity contribution is 5.85. The Balaban J connectivity index is 1.45. The molecule has 7 heteroatoms. The normalized spacial score (nSPS) is 25.0. The van der Waals surface area contributed by atoms with Crippen LogP contribution in [-0.4, -0.2) is 72.0 Å². The molecule has 2 aliphatic rings. The monoisotopic (exact) mass is 346 g/mol. The van der Waals surface area contributed by atoms with E-state index >= 15 is 0 Å². The van der Waals surface area contributed by atoms with Gasteiger partial charge < -0.3 is 15.0 Å². The van der Waals surface area contributed by atoms with Crippen molar-refractivity contribution in [3.8, 4) is 0 Å². The molecule has 2 atom stereocenters. The maximum absolute atomic E-state index is 12.3. The molecule has 0 radical (unpaired) electrons. The zero-order valence-electron chi connectivity index (χ0n) is 14.7. The van der Waals surface area contributed by atoms with Gasteiger partial charge >= 0.3 is 0 Å². The second-order valence-electron chi connectivity index (χ2n) is 6.86. The number of nitrogens with one attached hydrogen (secondary N) is 1. The van der Waals surface area contributed by atoms with Gasteiger partial charge in [0.25, 0.3) is 0 Å². The summed E-state index contributed by atoms with van der Waals surface area (Å²) in [5.74, 6) is 0.173. The van der Waals surface area contributed by atoms with Gasteiger partial charge in [-0.15, -0.1) is 0 Å². The number of carbonyl (C=O) groups excluding carboxylic acids is 2. The number of pyridine rings is 1. The lowest BCUT2D eigenvalue weighted by Crippen LogP contribution is -2.53. The van der Waals surface area contributed by atoms with Crippen molar-refractivity contribution in [1.29, 1.82) is 0 Å². The van der Waals surface area contributed by atoms with Gasteiger partial charge in [0.05, 0.1) is 18.8 Å². The van der Waals surface area contributed by atoms with Gasteiger partial charge in [0, 0.05) is 38.4 Å². The van der Waals surface area contributed by atoms with E-state index in [1.54, 1.807) is 4.90 Å². The Morgan fingerprint density at radius 1 is 1.40 bits per heavy atom. The summed E-state index contributed by atoms with van der Waals surface area (Å²) in [5, 5.41) is 3.10. The molecule has 0 aliphatic carbocycles. The molecular formula is C18H26N4O3. The number of rotatable bonds is 5. The van der Waals surface area contributed by atoms with Crippen LogP contribution in [0.3, 0.4) is 0 Å². The number of hydrogen-bond acceptors (Lipinski definition) is 5. The Labute approximate surface area is 148 Å². The third-order valence-electron chi connectivity index (χ3n) is 4.87. The minimum absolute atomic E-state index is 0.0784. The summed E-state index contributed by atoms with van der Waals surface area (Å²) in [6.07, 6.45) is 2.73. The summed E-state index contributed by atoms with van der Waals surface area (Å²) in [5.41, 5.74) is 1.07. The molecule has 2 saturated heterocycles. The van der Waals surface area contributed by atoms with Gasteiger partial charge in [0.1, 0.15) is 6.61 Å². The van der Waals surface area contributed by atoms with Gasteiger partial charge in [-0.05, 0) is 24.5 Å². The average Bonchev–Trinajstić information content (AvgIpc) is 2.60. The first-order chi connectivity index (χ1) is 12.1. The molecule has 7 nitrogen and oxygen atoms in total. The minimum Gasteiger partial charge on any atom is -0.370 e. The molecule has 0 aromatic carbocycles. The average molecular weight is 346 g/mol. The van der Waals surface area contributed by atoms with E-state index in [4.69, 9.17) is 4.74 Å². The molecule has 1 aromatic rings. The van der Waals surface area contributed by atoms with Gasteiger partial charge in [-0.1, -0.05) is 13.0 Å². The highest BCUT2D eigenvalue weighted by Gasteiger charge is 2.28. The first kappa shape index (κ1) is 17.8. The largest absolute Gasteiger partial charge is 0.370 e. The number of nitrogens with zero attached hydrogens (tertiary/aromatic N) is 3. The minimum atomic E-state index is -0.111. The molecular weight excluding hydrogens is 320 g/mol. The molecule has 0 saturated carbocycles. The predicted molar refractivity (Wildman–Crippen MR) is 92.6 cm³/mol. The molecule has 0 spiro atoms. The summed E-state index contributed by atoms with van der Waals surface area (Å²) in [6, 6.07) is 6.13. The van der Waals surface area contributed by atoms with Crippen LogP contribution < -0.4 is 5.32 Å². The third-order valence-corrected chi connectivity index (χ3v) is 4.87. The lowest BCUT2D eigenvalue weighted by Gasteiger charge is -2.37. The van der Waals surface area contributed by atoms with Gasteiger partial charge in [-0.3, -0.25) is 19.5 Å². The van der Waals surface area contributed by atoms with E-state index in [9.17, 15) is 9.59 Å². The first-order valence-corrected chi connectivity index (χ1v) is 8.89. The topological polar surface area (TPSA) is 74.8 Å². The summed E-state index contributed by atoms with van der Waals surface area (Å²) >= 11 is 0. The van der Waals surface area contributed by atoms with Crippen LogP contribution in [0.4, 0.5) is 0 Å². The van der Waals surface area contributed by atoms with Crippen LogP contribution >= 0.6 is 0 Å². The van der Waals surface area contributed by atoms with Crippen LogP contribution in [-0.2, 0) is 20.9 Å². The number of hydrogen-bond donors (Lipinski definition) is 1. The predicted octanol–water partition coefficient (Wildman–Crippen LogP) is 0.267. The third kappa shape index (κ3) is 4.99. The molecule has 1 N–H and O–H groups in total. The van der Waals surface area contributed by atoms with Crippen LogP contribution in [0.15, 0.2) is 24.4 Å². The summed E-state index contributed by atoms with van der Waals surface area (Å²) in [4.78, 5) is 32.3. The Kier molecular flexibility index (Phi) is 5.99. The highest BCUT2D eigenvalue weighted by Crippen LogP contribution is 2.18. The van der Waals surface area contributed by atoms with E-state index in [0.717, 1.165) is 31.7 Å². The maximum Gasteiger partial charge on any atom is 0.249 e. The molecule has 25 heavy (non-hydrogen) atoms. The van der Waals surface area contributed by atoms with Gasteiger partial charge in [-0.2, -0.15) is 0 Å². The number of carbonyl (C=O) groups is 2. The quantitative estimate of drug-likeness (QED) is 0.828. The van der Waals surface area contributed by atoms with Crippen molar-refractivity contribution in [1.82, 2.24) is 20.1 Å². The molecule has 0 bridgehead atoms. The van der Waals surface area contributed by atoms with Crippen molar-refractivity contribution >= 4 is 11.8 Å². The summed E-state index contributed by atoms with van der Waals surface area (Å²) in [6.45, 7) is 6.06. The van der Waals surface area contributed by atoms with Gasteiger partial charge in [0.15, 0.2) is 0 Å². The Morgan fingerprint density at radius 2 is 2.28 bits per heavy atom. The Morgan fingerprint density at radius 3 is 3.00 bits per heavy atom. The first-order valence-electron chi connectivity index (χ1n) is 8.89. The fourth-order valence-electron chi connectivity index (χ4n) is 3.45. The van der Waals surface area contributed by atoms with E-state index in [-0.39, 0.29) is 31.0 Å². The second-order valence-corrected chi connectivity index (χ2v) is 6.86. The van der Waals surface area contributed by atoms with Crippen molar-refractivity contribution in [2.75, 3.05) is 39.4 Å². The SMILES string of the molecule is C[C@H]1CN(Cc2ccccn2)CC[C@H]1NC(=O)CN1CCOCC1=O. The van der Waals surface area contributed by atoms with Gasteiger partial charge in [-0.25, -0.2) is 0 Å². The smallest absolute Gasteiger partial charge is 0.249 e. The number of ether oxygens (including phenoxy) is 1. The van der Waals surface area contributed by atoms with E-state index < -0.39 is 0 Å². The lowest BCUT2D eigenvalue weighted by atomic mass is 9.93. The van der Waals surface area contributed by atoms with Crippen LogP contribution in [0.5, 0.6) is 0 Å². The molecule has 2 fully saturated rings. The number of amides is 2. The molecule has 0 unspecified atom stereocenters. The molecule has 136 valence electrons. The van der Waals surface area contributed by atoms with E-state index in [2.05, 4.69) is 22.1 Å². The van der Waals surface area contributed by atoms with Crippen LogP contribution in [0.25, 0.3) is 0 Å². The molecule has 3 rings (SSSR count). The molecule has 2 amide bonds. The molecule has 2 aliphatic heterocycles. The Bertz CT molecular complexity index is 595. The van der Waals surface area contributed by atoms with E-state index in [0.29, 0.717) is 19.1 Å². The second kappa shape index (κ2) is 8.40. The summed E-state index contributed by atoms with van der Waals surface area (Å²) < 4.78 is 5.09. The highest BCUT2D eigenvalue weighted by atomic mass is 16.5. The zero-order valence-corrected chi connectivity index (χ0v) is 14.7. The van der Waals surface area contributed by atoms with Crippen molar-refractivity contribution in [2.45, 2.75) is 25.9 Å². The van der Waals surface area contributed by atoms with E-state index in [1.165, 1.54) is 0 Å². The number of aromatic nitrogens is 1. The van der Waals surface area contributed by atoms with Crippen LogP contribution in [0.1, 0.15) is 19.0 Å². The standard InChI is InChI=1S/C18H26N4O3/c1-14-10-21(11-15-4-2-3-6-19-15)7-5-16(14)20-17(23)12-22-8-9-25-13-18(22)24/h2-4,6,14,16H,5,7-13H2,1H3,(H,20,23)/t14-,16+/m0/s1. The van der Waals surface area contributed by atoms with E-state index in [1.807, 2.05) is 24.4 Å². The summed E-state index contributed by atoms with van der Waals surface area (Å²) in [7, 11) is 0. The van der Waals surface area contributed by atoms with Crippen molar-refractivity contribution in [3.63, 3.8) is 0 Å². The molecule has 1 aromatic heterocycles. The van der Waals surface area contributed by atoms with Crippen LogP contribution in [0, 0.1) is 5.92 Å². The number of morpholine rings is 1. The lowest BCUT2D eigenvalue weighted by molar-refractivity contribution is -0.146. The number of likely N-dealkylation sites (tertiary alicyclic amines) is 1. The Hall–Kier alpha value is -1.99. The van der Waals surface area contributed by atoms with Crippen molar-refractivity contribution < 1.29 is 14.3 Å². The van der Waals surface area contributed by atoms with Gasteiger partial charge in [0.2, 0.25) is 11.8 Å². The fraction of sp³-hybridized carbons (Fsp3) is 0.611. The maximum atomic E-state index is 12.3. The van der Waals surface area contributed by atoms with Crippen LogP contribution in [0.2, 0.25) is 0 Å². The fourth-order valence-corrected chi connectivity index (χ4v) is 3.45.